The number of rotatable bonds is 0. The van der Waals surface area contributed by atoms with Crippen molar-refractivity contribution in [1.82, 2.24) is 0 Å². The Kier molecular flexibility index (Phi) is 10.5. The molecule has 20 rings (SSSR count). The summed E-state index contributed by atoms with van der Waals surface area (Å²) in [6.45, 7) is 0. The third-order valence-electron chi connectivity index (χ3n) is 16.4. The Morgan fingerprint density at radius 2 is 0.446 bits per heavy atom. The van der Waals surface area contributed by atoms with Crippen LogP contribution >= 0.6 is 23.8 Å². The minimum absolute atomic E-state index is 0.674. The molecule has 0 saturated carbocycles. The number of para-hydroxylation sites is 4. The second kappa shape index (κ2) is 18.5. The molecule has 6 aliphatic heterocycles. The zero-order chi connectivity index (χ0) is 54.3. The third-order valence-corrected chi connectivity index (χ3v) is 24.1. The second-order valence-electron chi connectivity index (χ2n) is 21.1. The van der Waals surface area contributed by atoms with Gasteiger partial charge in [0.05, 0.1) is 15.9 Å². The molecule has 6 nitrogen and oxygen atoms in total. The molecule has 3 atom stereocenters. The predicted octanol–water partition coefficient (Wildman–Crippen LogP) is 16.7. The van der Waals surface area contributed by atoms with Crippen LogP contribution in [0.15, 0.2) is 261 Å². The van der Waals surface area contributed by atoms with Crippen LogP contribution in [-0.2, 0) is 0 Å². The lowest BCUT2D eigenvalue weighted by Crippen LogP contribution is -2.32. The van der Waals surface area contributed by atoms with Gasteiger partial charge >= 0.3 is 0 Å². The minimum Gasteiger partial charge on any atom is -0.456 e. The van der Waals surface area contributed by atoms with E-state index in [1.54, 1.807) is 0 Å². The maximum atomic E-state index is 6.70. The summed E-state index contributed by atoms with van der Waals surface area (Å²) >= 11 is 0. The molecule has 0 bridgehead atoms. The average Bonchev–Trinajstić information content (AvgIpc) is 3.70. The van der Waals surface area contributed by atoms with Crippen molar-refractivity contribution in [1.29, 1.82) is 0 Å². The van der Waals surface area contributed by atoms with Crippen LogP contribution in [0.2, 0.25) is 0 Å². The normalized spacial score (nSPS) is 15.9. The Balaban J connectivity index is 0.0000000954. The van der Waals surface area contributed by atoms with Gasteiger partial charge in [0.1, 0.15) is 69.0 Å². The van der Waals surface area contributed by atoms with Crippen LogP contribution in [0.25, 0.3) is 53.9 Å². The molecular formula is C74H43O6P3. The van der Waals surface area contributed by atoms with Gasteiger partial charge in [-0.2, -0.15) is 0 Å². The molecule has 0 amide bonds. The van der Waals surface area contributed by atoms with E-state index in [-0.39, 0.29) is 0 Å². The Hall–Kier alpha value is -9.53. The first-order valence-electron chi connectivity index (χ1n) is 27.7. The Morgan fingerprint density at radius 1 is 0.181 bits per heavy atom. The third kappa shape index (κ3) is 7.21. The Labute approximate surface area is 480 Å². The van der Waals surface area contributed by atoms with Gasteiger partial charge < -0.3 is 28.4 Å². The zero-order valence-electron chi connectivity index (χ0n) is 44.1. The summed E-state index contributed by atoms with van der Waals surface area (Å²) in [6, 6.07) is 91.1. The van der Waals surface area contributed by atoms with Crippen molar-refractivity contribution in [3.05, 3.63) is 261 Å². The van der Waals surface area contributed by atoms with Gasteiger partial charge in [0.25, 0.3) is 0 Å². The maximum absolute atomic E-state index is 6.70. The smallest absolute Gasteiger partial charge is 0.147 e. The summed E-state index contributed by atoms with van der Waals surface area (Å²) in [6.07, 6.45) is 0. The second-order valence-corrected chi connectivity index (χ2v) is 27.3. The van der Waals surface area contributed by atoms with E-state index in [0.29, 0.717) is 0 Å². The van der Waals surface area contributed by atoms with Crippen LogP contribution in [0.1, 0.15) is 0 Å². The van der Waals surface area contributed by atoms with Gasteiger partial charge in [0, 0.05) is 82.5 Å². The first kappa shape index (κ1) is 47.1. The number of fused-ring (bicyclic) bond motifs is 22. The molecule has 14 aromatic carbocycles. The van der Waals surface area contributed by atoms with E-state index in [9.17, 15) is 0 Å². The van der Waals surface area contributed by atoms with Crippen LogP contribution in [-0.4, -0.2) is 0 Å². The molecule has 0 fully saturated rings. The predicted molar refractivity (Wildman–Crippen MR) is 343 cm³/mol. The molecule has 0 aliphatic carbocycles. The molecule has 9 heteroatoms. The number of hydrogen-bond donors (Lipinski definition) is 0. The van der Waals surface area contributed by atoms with Gasteiger partial charge in [-0.3, -0.25) is 0 Å². The van der Waals surface area contributed by atoms with E-state index in [2.05, 4.69) is 237 Å². The molecule has 0 radical (unpaired) electrons. The van der Waals surface area contributed by atoms with Crippen LogP contribution in [0, 0.1) is 0 Å². The molecule has 6 aliphatic rings. The molecule has 3 unspecified atom stereocenters. The summed E-state index contributed by atoms with van der Waals surface area (Å²) in [5, 5.41) is 22.7. The first-order valence-corrected chi connectivity index (χ1v) is 31.7. The summed E-state index contributed by atoms with van der Waals surface area (Å²) in [5.41, 5.74) is 0. The largest absolute Gasteiger partial charge is 0.456 e. The SMILES string of the molecule is c1ccc2c(c1)Oc1c3c(cc4ccccc14)Oc1c(ccc4ccccc14)P23.c1ccc2c(c1)Oc1cc3ccccc3c3c1P2c1ccc2ccccc2c1O3.c1ccc2c(c1)Oc1cc3ccccc3c3c1P2c1ccccc1O3. The average molecular weight is 1120 g/mol. The van der Waals surface area contributed by atoms with Crippen molar-refractivity contribution >= 4 is 125 Å². The molecule has 14 aromatic rings. The fourth-order valence-electron chi connectivity index (χ4n) is 12.7. The highest BCUT2D eigenvalue weighted by atomic mass is 31.1. The summed E-state index contributed by atoms with van der Waals surface area (Å²) in [7, 11) is -2.17. The van der Waals surface area contributed by atoms with E-state index in [1.165, 1.54) is 58.5 Å². The maximum Gasteiger partial charge on any atom is 0.147 e. The highest BCUT2D eigenvalue weighted by molar-refractivity contribution is 7.81. The van der Waals surface area contributed by atoms with Crippen molar-refractivity contribution < 1.29 is 28.4 Å². The van der Waals surface area contributed by atoms with E-state index in [0.717, 1.165) is 112 Å². The van der Waals surface area contributed by atoms with Gasteiger partial charge in [-0.1, -0.05) is 206 Å². The van der Waals surface area contributed by atoms with Crippen LogP contribution in [0.5, 0.6) is 69.0 Å². The van der Waals surface area contributed by atoms with E-state index in [4.69, 9.17) is 28.4 Å². The van der Waals surface area contributed by atoms with Crippen LogP contribution in [0.4, 0.5) is 0 Å². The van der Waals surface area contributed by atoms with Gasteiger partial charge in [-0.05, 0) is 81.5 Å². The summed E-state index contributed by atoms with van der Waals surface area (Å²) in [4.78, 5) is 0. The molecule has 83 heavy (non-hydrogen) atoms. The van der Waals surface area contributed by atoms with Crippen molar-refractivity contribution in [2.45, 2.75) is 0 Å². The summed E-state index contributed by atoms with van der Waals surface area (Å²) in [5.74, 6) is 11.4. The zero-order valence-corrected chi connectivity index (χ0v) is 46.8. The highest BCUT2D eigenvalue weighted by Gasteiger charge is 2.41. The Morgan fingerprint density at radius 3 is 0.843 bits per heavy atom. The molecule has 0 saturated heterocycles. The van der Waals surface area contributed by atoms with Crippen molar-refractivity contribution in [2.24, 2.45) is 0 Å². The van der Waals surface area contributed by atoms with E-state index < -0.39 is 23.8 Å². The standard InChI is InChI=1S/2C26H15O2P.C22H13O2P/c1-3-9-18-16(7-1)13-14-23-24(18)28-21-15-17-8-2-4-10-19(17)25-26(21)29(23)22-12-6-5-11-20(22)27-25;1-3-9-18-16(7-1)13-14-23-24(18)28-25-19-10-4-2-8-17(19)15-21-26(25)29(23)22-12-6-5-11-20(22)27-21;1-2-8-15-14(7-1)13-18-22-21(15)24-17-10-4-6-12-20(17)25(22)19-11-5-3-9-16(19)23-18/h2*1-15H;1-13H. The number of hydrogen-bond acceptors (Lipinski definition) is 6. The van der Waals surface area contributed by atoms with Gasteiger partial charge in [-0.15, -0.1) is 0 Å². The number of benzene rings is 14. The van der Waals surface area contributed by atoms with Crippen molar-refractivity contribution in [3.8, 4) is 69.0 Å². The summed E-state index contributed by atoms with van der Waals surface area (Å²) < 4.78 is 38.8. The molecule has 390 valence electrons. The van der Waals surface area contributed by atoms with Crippen LogP contribution in [0.3, 0.4) is 0 Å². The fraction of sp³-hybridized carbons (Fsp3) is 0. The van der Waals surface area contributed by atoms with Crippen molar-refractivity contribution in [2.75, 3.05) is 0 Å². The number of ether oxygens (including phenoxy) is 6. The lowest BCUT2D eigenvalue weighted by molar-refractivity contribution is 0.470. The highest BCUT2D eigenvalue weighted by Crippen LogP contribution is 2.58. The van der Waals surface area contributed by atoms with E-state index in [1.807, 2.05) is 24.3 Å². The molecule has 6 heterocycles. The molecular weight excluding hydrogens is 1080 g/mol. The topological polar surface area (TPSA) is 55.4 Å². The first-order chi connectivity index (χ1) is 41.2. The van der Waals surface area contributed by atoms with Gasteiger partial charge in [0.15, 0.2) is 0 Å². The fourth-order valence-corrected chi connectivity index (χ4v) is 20.5. The minimum atomic E-state index is -0.747. The lowest BCUT2D eigenvalue weighted by atomic mass is 10.1. The monoisotopic (exact) mass is 1120 g/mol. The van der Waals surface area contributed by atoms with Crippen LogP contribution < -0.4 is 76.2 Å². The molecule has 0 aromatic heterocycles. The molecule has 0 N–H and O–H groups in total. The lowest BCUT2D eigenvalue weighted by Gasteiger charge is -2.35. The van der Waals surface area contributed by atoms with Gasteiger partial charge in [0.2, 0.25) is 0 Å². The van der Waals surface area contributed by atoms with Crippen molar-refractivity contribution in [3.63, 3.8) is 0 Å². The van der Waals surface area contributed by atoms with E-state index >= 15 is 0 Å². The Bertz CT molecular complexity index is 5070. The van der Waals surface area contributed by atoms with Gasteiger partial charge in [-0.25, -0.2) is 0 Å². The molecule has 0 spiro atoms. The quantitative estimate of drug-likeness (QED) is 0.141.